The Hall–Kier alpha value is -1.00. The molecule has 0 aromatic carbocycles. The number of rotatable bonds is 3. The standard InChI is InChI=1S/C16H26N4/c1-13-10-17-16(14-6-3-2-4-7-14)12-20(13)11-15-8-5-9-18-19-15/h5,8-9,13-14,16-17H,2-4,6-7,10-12H2,1H3. The van der Waals surface area contributed by atoms with Gasteiger partial charge < -0.3 is 5.32 Å². The van der Waals surface area contributed by atoms with Crippen molar-refractivity contribution in [2.75, 3.05) is 13.1 Å². The van der Waals surface area contributed by atoms with Gasteiger partial charge in [-0.3, -0.25) is 4.90 Å². The summed E-state index contributed by atoms with van der Waals surface area (Å²) >= 11 is 0. The van der Waals surface area contributed by atoms with E-state index in [9.17, 15) is 0 Å². The van der Waals surface area contributed by atoms with E-state index in [4.69, 9.17) is 0 Å². The molecule has 1 N–H and O–H groups in total. The van der Waals surface area contributed by atoms with Crippen LogP contribution in [0, 0.1) is 5.92 Å². The first kappa shape index (κ1) is 14.0. The molecule has 2 heterocycles. The van der Waals surface area contributed by atoms with E-state index >= 15 is 0 Å². The first-order valence-corrected chi connectivity index (χ1v) is 8.07. The van der Waals surface area contributed by atoms with Crippen LogP contribution >= 0.6 is 0 Å². The Kier molecular flexibility index (Phi) is 4.63. The van der Waals surface area contributed by atoms with Crippen LogP contribution in [-0.4, -0.2) is 40.3 Å². The van der Waals surface area contributed by atoms with E-state index in [0.29, 0.717) is 12.1 Å². The largest absolute Gasteiger partial charge is 0.311 e. The van der Waals surface area contributed by atoms with Gasteiger partial charge in [-0.1, -0.05) is 19.3 Å². The summed E-state index contributed by atoms with van der Waals surface area (Å²) in [5.41, 5.74) is 1.09. The Morgan fingerprint density at radius 2 is 2.15 bits per heavy atom. The zero-order valence-corrected chi connectivity index (χ0v) is 12.5. The van der Waals surface area contributed by atoms with E-state index in [1.807, 2.05) is 6.07 Å². The monoisotopic (exact) mass is 274 g/mol. The molecule has 0 radical (unpaired) electrons. The number of hydrogen-bond acceptors (Lipinski definition) is 4. The molecule has 0 amide bonds. The highest BCUT2D eigenvalue weighted by Crippen LogP contribution is 2.28. The number of aromatic nitrogens is 2. The van der Waals surface area contributed by atoms with Crippen LogP contribution in [0.2, 0.25) is 0 Å². The maximum absolute atomic E-state index is 4.23. The molecule has 3 rings (SSSR count). The van der Waals surface area contributed by atoms with Gasteiger partial charge >= 0.3 is 0 Å². The van der Waals surface area contributed by atoms with Crippen LogP contribution in [0.4, 0.5) is 0 Å². The van der Waals surface area contributed by atoms with Gasteiger partial charge in [-0.25, -0.2) is 0 Å². The maximum atomic E-state index is 4.23. The van der Waals surface area contributed by atoms with E-state index < -0.39 is 0 Å². The number of hydrogen-bond donors (Lipinski definition) is 1. The maximum Gasteiger partial charge on any atom is 0.0771 e. The third kappa shape index (κ3) is 3.36. The van der Waals surface area contributed by atoms with Crippen LogP contribution in [-0.2, 0) is 6.54 Å². The van der Waals surface area contributed by atoms with E-state index in [0.717, 1.165) is 31.2 Å². The summed E-state index contributed by atoms with van der Waals surface area (Å²) in [6.07, 6.45) is 8.83. The van der Waals surface area contributed by atoms with Crippen LogP contribution < -0.4 is 5.32 Å². The summed E-state index contributed by atoms with van der Waals surface area (Å²) in [5.74, 6) is 0.876. The molecule has 1 saturated carbocycles. The van der Waals surface area contributed by atoms with E-state index in [2.05, 4.69) is 33.4 Å². The average molecular weight is 274 g/mol. The summed E-state index contributed by atoms with van der Waals surface area (Å²) in [6, 6.07) is 5.31. The molecular formula is C16H26N4. The molecule has 1 saturated heterocycles. The molecule has 2 unspecified atom stereocenters. The summed E-state index contributed by atoms with van der Waals surface area (Å²) in [6.45, 7) is 5.49. The van der Waals surface area contributed by atoms with Crippen molar-refractivity contribution in [2.45, 2.75) is 57.7 Å². The minimum absolute atomic E-state index is 0.580. The molecule has 4 heteroatoms. The summed E-state index contributed by atoms with van der Waals surface area (Å²) in [4.78, 5) is 2.57. The van der Waals surface area contributed by atoms with E-state index in [1.54, 1.807) is 6.20 Å². The molecule has 2 fully saturated rings. The Labute approximate surface area is 122 Å². The average Bonchev–Trinajstić information content (AvgIpc) is 2.51. The highest BCUT2D eigenvalue weighted by molar-refractivity contribution is 5.00. The van der Waals surface area contributed by atoms with Gasteiger partial charge in [0, 0.05) is 37.9 Å². The van der Waals surface area contributed by atoms with Crippen molar-refractivity contribution in [3.63, 3.8) is 0 Å². The second-order valence-electron chi connectivity index (χ2n) is 6.41. The lowest BCUT2D eigenvalue weighted by Gasteiger charge is -2.42. The van der Waals surface area contributed by atoms with Gasteiger partial charge in [0.2, 0.25) is 0 Å². The van der Waals surface area contributed by atoms with Gasteiger partial charge in [0.25, 0.3) is 0 Å². The number of piperazine rings is 1. The Balaban J connectivity index is 1.61. The fraction of sp³-hybridized carbons (Fsp3) is 0.750. The highest BCUT2D eigenvalue weighted by atomic mass is 15.2. The molecule has 110 valence electrons. The predicted molar refractivity (Wildman–Crippen MR) is 80.3 cm³/mol. The van der Waals surface area contributed by atoms with E-state index in [1.165, 1.54) is 32.1 Å². The SMILES string of the molecule is CC1CNC(C2CCCCC2)CN1Cc1cccnn1. The normalized spacial score (nSPS) is 29.4. The van der Waals surface area contributed by atoms with Crippen molar-refractivity contribution in [3.05, 3.63) is 24.0 Å². The first-order valence-electron chi connectivity index (χ1n) is 8.07. The lowest BCUT2D eigenvalue weighted by atomic mass is 9.82. The molecule has 1 aromatic heterocycles. The Morgan fingerprint density at radius 3 is 2.90 bits per heavy atom. The smallest absolute Gasteiger partial charge is 0.0771 e. The van der Waals surface area contributed by atoms with Crippen LogP contribution in [0.25, 0.3) is 0 Å². The number of nitrogens with zero attached hydrogens (tertiary/aromatic N) is 3. The molecule has 0 bridgehead atoms. The van der Waals surface area contributed by atoms with Crippen molar-refractivity contribution in [3.8, 4) is 0 Å². The lowest BCUT2D eigenvalue weighted by Crippen LogP contribution is -2.57. The topological polar surface area (TPSA) is 41.0 Å². The predicted octanol–water partition coefficient (Wildman–Crippen LogP) is 2.22. The third-order valence-corrected chi connectivity index (χ3v) is 4.94. The molecule has 2 atom stereocenters. The molecule has 4 nitrogen and oxygen atoms in total. The lowest BCUT2D eigenvalue weighted by molar-refractivity contribution is 0.0967. The van der Waals surface area contributed by atoms with Crippen LogP contribution in [0.1, 0.15) is 44.7 Å². The van der Waals surface area contributed by atoms with Crippen molar-refractivity contribution >= 4 is 0 Å². The van der Waals surface area contributed by atoms with Crippen LogP contribution in [0.3, 0.4) is 0 Å². The second kappa shape index (κ2) is 6.64. The molecule has 1 aliphatic heterocycles. The summed E-state index contributed by atoms with van der Waals surface area (Å²) < 4.78 is 0. The van der Waals surface area contributed by atoms with Crippen molar-refractivity contribution in [1.82, 2.24) is 20.4 Å². The molecule has 2 aliphatic rings. The minimum atomic E-state index is 0.580. The molecule has 0 spiro atoms. The van der Waals surface area contributed by atoms with Gasteiger partial charge in [0.05, 0.1) is 5.69 Å². The zero-order chi connectivity index (χ0) is 13.8. The second-order valence-corrected chi connectivity index (χ2v) is 6.41. The van der Waals surface area contributed by atoms with Crippen LogP contribution in [0.15, 0.2) is 18.3 Å². The van der Waals surface area contributed by atoms with Gasteiger partial charge in [-0.15, -0.1) is 0 Å². The fourth-order valence-corrected chi connectivity index (χ4v) is 3.65. The molecule has 20 heavy (non-hydrogen) atoms. The summed E-state index contributed by atoms with van der Waals surface area (Å²) in [7, 11) is 0. The van der Waals surface area contributed by atoms with Crippen molar-refractivity contribution < 1.29 is 0 Å². The van der Waals surface area contributed by atoms with Gasteiger partial charge in [-0.05, 0) is 37.8 Å². The van der Waals surface area contributed by atoms with E-state index in [-0.39, 0.29) is 0 Å². The molecule has 1 aromatic rings. The van der Waals surface area contributed by atoms with Crippen LogP contribution in [0.5, 0.6) is 0 Å². The quantitative estimate of drug-likeness (QED) is 0.917. The number of nitrogens with one attached hydrogen (secondary N) is 1. The highest BCUT2D eigenvalue weighted by Gasteiger charge is 2.31. The first-order chi connectivity index (χ1) is 9.83. The Bertz CT molecular complexity index is 402. The van der Waals surface area contributed by atoms with Gasteiger partial charge in [-0.2, -0.15) is 10.2 Å². The minimum Gasteiger partial charge on any atom is -0.311 e. The third-order valence-electron chi connectivity index (χ3n) is 4.94. The summed E-state index contributed by atoms with van der Waals surface area (Å²) in [5, 5.41) is 12.0. The zero-order valence-electron chi connectivity index (χ0n) is 12.5. The molecular weight excluding hydrogens is 248 g/mol. The molecule has 1 aliphatic carbocycles. The van der Waals surface area contributed by atoms with Gasteiger partial charge in [0.15, 0.2) is 0 Å². The Morgan fingerprint density at radius 1 is 1.30 bits per heavy atom. The van der Waals surface area contributed by atoms with Gasteiger partial charge in [0.1, 0.15) is 0 Å². The van der Waals surface area contributed by atoms with Crippen molar-refractivity contribution in [1.29, 1.82) is 0 Å². The fourth-order valence-electron chi connectivity index (χ4n) is 3.65. The van der Waals surface area contributed by atoms with Crippen molar-refractivity contribution in [2.24, 2.45) is 5.92 Å².